The molecule has 2 heterocycles. The second-order valence-electron chi connectivity index (χ2n) is 5.70. The highest BCUT2D eigenvalue weighted by atomic mass is 19.1. The lowest BCUT2D eigenvalue weighted by molar-refractivity contribution is 0.239. The van der Waals surface area contributed by atoms with Gasteiger partial charge in [-0.1, -0.05) is 6.92 Å². The number of aryl methyl sites for hydroxylation is 1. The number of hydrogen-bond acceptors (Lipinski definition) is 3. The lowest BCUT2D eigenvalue weighted by atomic mass is 10.1. The van der Waals surface area contributed by atoms with Crippen molar-refractivity contribution in [1.29, 1.82) is 0 Å². The Morgan fingerprint density at radius 3 is 2.95 bits per heavy atom. The minimum atomic E-state index is -0.402. The highest BCUT2D eigenvalue weighted by molar-refractivity contribution is 5.23. The molecular weight excluding hydrogens is 284 g/mol. The van der Waals surface area contributed by atoms with Crippen LogP contribution < -0.4 is 0 Å². The van der Waals surface area contributed by atoms with Crippen molar-refractivity contribution in [3.63, 3.8) is 0 Å². The maximum atomic E-state index is 13.7. The molecular formula is C17H19F2N3. The van der Waals surface area contributed by atoms with E-state index in [-0.39, 0.29) is 5.82 Å². The molecule has 5 heteroatoms. The van der Waals surface area contributed by atoms with Crippen molar-refractivity contribution < 1.29 is 8.78 Å². The van der Waals surface area contributed by atoms with Gasteiger partial charge in [0, 0.05) is 55.5 Å². The highest BCUT2D eigenvalue weighted by Gasteiger charge is 2.19. The van der Waals surface area contributed by atoms with Crippen LogP contribution in [0, 0.1) is 11.6 Å². The summed E-state index contributed by atoms with van der Waals surface area (Å²) in [6, 6.07) is 3.60. The molecule has 0 saturated carbocycles. The largest absolute Gasteiger partial charge is 0.294 e. The van der Waals surface area contributed by atoms with Crippen molar-refractivity contribution in [3.8, 4) is 0 Å². The average Bonchev–Trinajstić information content (AvgIpc) is 2.51. The van der Waals surface area contributed by atoms with E-state index in [1.807, 2.05) is 6.20 Å². The first-order valence-corrected chi connectivity index (χ1v) is 7.65. The summed E-state index contributed by atoms with van der Waals surface area (Å²) in [6.45, 7) is 3.99. The summed E-state index contributed by atoms with van der Waals surface area (Å²) in [5.74, 6) is 0.133. The van der Waals surface area contributed by atoms with Gasteiger partial charge in [0.25, 0.3) is 0 Å². The lowest BCUT2D eigenvalue weighted by Crippen LogP contribution is -2.31. The third kappa shape index (κ3) is 3.30. The monoisotopic (exact) mass is 303 g/mol. The minimum Gasteiger partial charge on any atom is -0.294 e. The zero-order chi connectivity index (χ0) is 15.5. The van der Waals surface area contributed by atoms with E-state index in [9.17, 15) is 8.78 Å². The molecule has 0 unspecified atom stereocenters. The predicted molar refractivity (Wildman–Crippen MR) is 80.2 cm³/mol. The summed E-state index contributed by atoms with van der Waals surface area (Å²) in [6.07, 6.45) is 4.63. The Balaban J connectivity index is 1.73. The number of halogens is 2. The fourth-order valence-corrected chi connectivity index (χ4v) is 2.80. The van der Waals surface area contributed by atoms with E-state index < -0.39 is 5.82 Å². The fourth-order valence-electron chi connectivity index (χ4n) is 2.80. The van der Waals surface area contributed by atoms with Crippen molar-refractivity contribution in [3.05, 3.63) is 58.7 Å². The summed E-state index contributed by atoms with van der Waals surface area (Å²) in [4.78, 5) is 11.1. The lowest BCUT2D eigenvalue weighted by Gasteiger charge is -2.28. The van der Waals surface area contributed by atoms with Gasteiger partial charge in [0.05, 0.1) is 0 Å². The molecule has 2 aromatic rings. The van der Waals surface area contributed by atoms with E-state index in [2.05, 4.69) is 21.8 Å². The van der Waals surface area contributed by atoms with E-state index in [0.29, 0.717) is 18.7 Å². The van der Waals surface area contributed by atoms with Crippen LogP contribution in [0.1, 0.15) is 36.0 Å². The van der Waals surface area contributed by atoms with Crippen LogP contribution in [-0.4, -0.2) is 21.4 Å². The van der Waals surface area contributed by atoms with Crippen LogP contribution in [0.15, 0.2) is 24.4 Å². The molecule has 0 N–H and O–H groups in total. The Hall–Kier alpha value is -1.88. The topological polar surface area (TPSA) is 29.0 Å². The molecule has 0 amide bonds. The normalized spacial score (nSPS) is 14.9. The van der Waals surface area contributed by atoms with Gasteiger partial charge in [0.1, 0.15) is 17.5 Å². The Morgan fingerprint density at radius 2 is 2.14 bits per heavy atom. The molecule has 0 aliphatic carbocycles. The Morgan fingerprint density at radius 1 is 1.27 bits per heavy atom. The fraction of sp³-hybridized carbons (Fsp3) is 0.412. The first kappa shape index (κ1) is 15.0. The van der Waals surface area contributed by atoms with Gasteiger partial charge >= 0.3 is 0 Å². The van der Waals surface area contributed by atoms with Crippen LogP contribution in [0.3, 0.4) is 0 Å². The first-order chi connectivity index (χ1) is 10.7. The first-order valence-electron chi connectivity index (χ1n) is 7.65. The molecule has 1 aromatic carbocycles. The van der Waals surface area contributed by atoms with Crippen molar-refractivity contribution in [2.24, 2.45) is 0 Å². The molecule has 3 rings (SSSR count). The Kier molecular flexibility index (Phi) is 4.43. The molecule has 0 fully saturated rings. The highest BCUT2D eigenvalue weighted by Crippen LogP contribution is 2.20. The number of nitrogens with zero attached hydrogens (tertiary/aromatic N) is 3. The van der Waals surface area contributed by atoms with Crippen molar-refractivity contribution >= 4 is 0 Å². The number of hydrogen-bond donors (Lipinski definition) is 0. The van der Waals surface area contributed by atoms with Crippen molar-refractivity contribution in [2.75, 3.05) is 6.54 Å². The van der Waals surface area contributed by atoms with Gasteiger partial charge in [-0.15, -0.1) is 0 Å². The zero-order valence-electron chi connectivity index (χ0n) is 12.6. The molecule has 22 heavy (non-hydrogen) atoms. The summed E-state index contributed by atoms with van der Waals surface area (Å²) in [5, 5.41) is 0. The molecule has 1 aliphatic rings. The zero-order valence-corrected chi connectivity index (χ0v) is 12.6. The predicted octanol–water partition coefficient (Wildman–Crippen LogP) is 3.27. The Labute approximate surface area is 129 Å². The molecule has 116 valence electrons. The van der Waals surface area contributed by atoms with Crippen LogP contribution in [0.5, 0.6) is 0 Å². The van der Waals surface area contributed by atoms with Gasteiger partial charge in [-0.3, -0.25) is 4.90 Å². The maximum absolute atomic E-state index is 13.7. The van der Waals surface area contributed by atoms with Crippen LogP contribution in [0.4, 0.5) is 8.78 Å². The van der Waals surface area contributed by atoms with Crippen LogP contribution in [0.2, 0.25) is 0 Å². The van der Waals surface area contributed by atoms with Gasteiger partial charge in [-0.05, 0) is 24.6 Å². The van der Waals surface area contributed by atoms with Gasteiger partial charge in [-0.25, -0.2) is 18.7 Å². The number of rotatable bonds is 4. The van der Waals surface area contributed by atoms with E-state index in [4.69, 9.17) is 0 Å². The summed E-state index contributed by atoms with van der Waals surface area (Å²) >= 11 is 0. The van der Waals surface area contributed by atoms with E-state index in [1.54, 1.807) is 0 Å². The molecule has 0 radical (unpaired) electrons. The standard InChI is InChI=1S/C17H19F2N3/c1-2-3-17-20-9-13-11-22(7-6-16(13)21-17)10-12-8-14(18)4-5-15(12)19/h4-5,8-9H,2-3,6-7,10-11H2,1H3. The van der Waals surface area contributed by atoms with Gasteiger partial charge < -0.3 is 0 Å². The minimum absolute atomic E-state index is 0.359. The van der Waals surface area contributed by atoms with E-state index in [1.165, 1.54) is 12.1 Å². The van der Waals surface area contributed by atoms with Crippen LogP contribution >= 0.6 is 0 Å². The SMILES string of the molecule is CCCc1ncc2c(n1)CCN(Cc1cc(F)ccc1F)C2. The molecule has 0 saturated heterocycles. The molecule has 0 spiro atoms. The van der Waals surface area contributed by atoms with Gasteiger partial charge in [0.15, 0.2) is 0 Å². The second-order valence-corrected chi connectivity index (χ2v) is 5.70. The summed E-state index contributed by atoms with van der Waals surface area (Å²) in [5.41, 5.74) is 2.57. The third-order valence-corrected chi connectivity index (χ3v) is 3.94. The number of fused-ring (bicyclic) bond motifs is 1. The maximum Gasteiger partial charge on any atom is 0.128 e. The van der Waals surface area contributed by atoms with Crippen molar-refractivity contribution in [2.45, 2.75) is 39.3 Å². The van der Waals surface area contributed by atoms with E-state index >= 15 is 0 Å². The molecule has 3 nitrogen and oxygen atoms in total. The third-order valence-electron chi connectivity index (χ3n) is 3.94. The van der Waals surface area contributed by atoms with Gasteiger partial charge in [0.2, 0.25) is 0 Å². The smallest absolute Gasteiger partial charge is 0.128 e. The Bertz CT molecular complexity index is 673. The van der Waals surface area contributed by atoms with Crippen LogP contribution in [-0.2, 0) is 25.9 Å². The van der Waals surface area contributed by atoms with Gasteiger partial charge in [-0.2, -0.15) is 0 Å². The molecule has 1 aromatic heterocycles. The molecule has 0 atom stereocenters. The number of benzene rings is 1. The average molecular weight is 303 g/mol. The summed E-state index contributed by atoms with van der Waals surface area (Å²) < 4.78 is 27.0. The molecule has 0 bridgehead atoms. The van der Waals surface area contributed by atoms with E-state index in [0.717, 1.165) is 49.0 Å². The summed E-state index contributed by atoms with van der Waals surface area (Å²) in [7, 11) is 0. The van der Waals surface area contributed by atoms with Crippen LogP contribution in [0.25, 0.3) is 0 Å². The second kappa shape index (κ2) is 6.48. The quantitative estimate of drug-likeness (QED) is 0.868. The number of aromatic nitrogens is 2. The molecule has 1 aliphatic heterocycles. The van der Waals surface area contributed by atoms with Crippen molar-refractivity contribution in [1.82, 2.24) is 14.9 Å².